The van der Waals surface area contributed by atoms with Gasteiger partial charge in [0.05, 0.1) is 5.41 Å². The number of carboxylic acids is 1. The first-order chi connectivity index (χ1) is 8.00. The molecule has 1 unspecified atom stereocenters. The maximum atomic E-state index is 11.5. The van der Waals surface area contributed by atoms with Crippen LogP contribution in [0.4, 0.5) is 4.79 Å². The van der Waals surface area contributed by atoms with E-state index in [1.165, 1.54) is 0 Å². The molecule has 17 heavy (non-hydrogen) atoms. The summed E-state index contributed by atoms with van der Waals surface area (Å²) >= 11 is 1.74. The summed E-state index contributed by atoms with van der Waals surface area (Å²) in [5.74, 6) is 0.189. The maximum absolute atomic E-state index is 11.5. The Hall–Kier alpha value is -0.910. The van der Waals surface area contributed by atoms with E-state index in [-0.39, 0.29) is 18.6 Å². The summed E-state index contributed by atoms with van der Waals surface area (Å²) in [7, 11) is 0. The van der Waals surface area contributed by atoms with Crippen molar-refractivity contribution in [1.29, 1.82) is 0 Å². The zero-order valence-corrected chi connectivity index (χ0v) is 11.1. The monoisotopic (exact) mass is 260 g/mol. The van der Waals surface area contributed by atoms with Crippen molar-refractivity contribution in [3.8, 4) is 0 Å². The van der Waals surface area contributed by atoms with Crippen molar-refractivity contribution in [2.24, 2.45) is 5.41 Å². The molecule has 0 bridgehead atoms. The van der Waals surface area contributed by atoms with Crippen LogP contribution in [0.25, 0.3) is 0 Å². The number of carboxylic acid groups (broad SMARTS) is 1. The molecule has 3 N–H and O–H groups in total. The Kier molecular flexibility index (Phi) is 5.11. The van der Waals surface area contributed by atoms with E-state index >= 15 is 0 Å². The number of urea groups is 1. The zero-order chi connectivity index (χ0) is 12.9. The number of hydrogen-bond donors (Lipinski definition) is 3. The number of carbonyl (C=O) groups excluding carboxylic acids is 1. The van der Waals surface area contributed by atoms with E-state index in [2.05, 4.69) is 10.6 Å². The fraction of sp³-hybridized carbons (Fsp3) is 0.818. The van der Waals surface area contributed by atoms with Gasteiger partial charge in [-0.2, -0.15) is 11.8 Å². The summed E-state index contributed by atoms with van der Waals surface area (Å²) < 4.78 is 0. The molecule has 0 aromatic carbocycles. The van der Waals surface area contributed by atoms with Gasteiger partial charge in [0.1, 0.15) is 0 Å². The van der Waals surface area contributed by atoms with Crippen LogP contribution in [0.1, 0.15) is 26.2 Å². The fourth-order valence-corrected chi connectivity index (χ4v) is 2.10. The van der Waals surface area contributed by atoms with Crippen molar-refractivity contribution in [2.75, 3.05) is 18.6 Å². The lowest BCUT2D eigenvalue weighted by atomic mass is 10.1. The molecule has 1 aliphatic rings. The Morgan fingerprint density at radius 2 is 2.12 bits per heavy atom. The van der Waals surface area contributed by atoms with Gasteiger partial charge in [0.2, 0.25) is 0 Å². The molecular formula is C11H20N2O3S. The van der Waals surface area contributed by atoms with Crippen molar-refractivity contribution < 1.29 is 14.7 Å². The van der Waals surface area contributed by atoms with Crippen LogP contribution in [0, 0.1) is 5.41 Å². The highest BCUT2D eigenvalue weighted by Crippen LogP contribution is 2.45. The first-order valence-electron chi connectivity index (χ1n) is 5.77. The zero-order valence-electron chi connectivity index (χ0n) is 10.3. The van der Waals surface area contributed by atoms with E-state index in [1.54, 1.807) is 11.8 Å². The van der Waals surface area contributed by atoms with Crippen LogP contribution in [0.3, 0.4) is 0 Å². The van der Waals surface area contributed by atoms with Crippen LogP contribution in [0.5, 0.6) is 0 Å². The van der Waals surface area contributed by atoms with Gasteiger partial charge >= 0.3 is 12.0 Å². The average molecular weight is 260 g/mol. The predicted octanol–water partition coefficient (Wildman–Crippen LogP) is 1.29. The summed E-state index contributed by atoms with van der Waals surface area (Å²) in [6.07, 6.45) is 4.25. The first kappa shape index (κ1) is 14.2. The number of hydrogen-bond acceptors (Lipinski definition) is 3. The summed E-state index contributed by atoms with van der Waals surface area (Å²) in [6, 6.07) is -0.159. The molecule has 0 aromatic heterocycles. The van der Waals surface area contributed by atoms with Gasteiger partial charge in [-0.25, -0.2) is 4.79 Å². The van der Waals surface area contributed by atoms with E-state index in [1.807, 2.05) is 13.2 Å². The number of thioether (sulfide) groups is 1. The van der Waals surface area contributed by atoms with Crippen LogP contribution in [0.2, 0.25) is 0 Å². The number of carbonyl (C=O) groups is 2. The lowest BCUT2D eigenvalue weighted by molar-refractivity contribution is -0.143. The molecule has 5 nitrogen and oxygen atoms in total. The minimum absolute atomic E-state index is 0.113. The van der Waals surface area contributed by atoms with Gasteiger partial charge in [-0.15, -0.1) is 0 Å². The molecule has 0 radical (unpaired) electrons. The molecule has 1 fully saturated rings. The SMILES string of the molecule is CSCCC(C)NC(=O)NCC1(C(=O)O)CC1. The van der Waals surface area contributed by atoms with Crippen molar-refractivity contribution >= 4 is 23.8 Å². The molecule has 0 aliphatic heterocycles. The Bertz CT molecular complexity index is 292. The van der Waals surface area contributed by atoms with Gasteiger partial charge in [0.15, 0.2) is 0 Å². The van der Waals surface area contributed by atoms with E-state index in [4.69, 9.17) is 5.11 Å². The molecular weight excluding hydrogens is 240 g/mol. The summed E-state index contributed by atoms with van der Waals surface area (Å²) in [5, 5.41) is 14.4. The second-order valence-corrected chi connectivity index (χ2v) is 5.58. The Morgan fingerprint density at radius 3 is 2.59 bits per heavy atom. The van der Waals surface area contributed by atoms with E-state index in [0.717, 1.165) is 12.2 Å². The lowest BCUT2D eigenvalue weighted by Gasteiger charge is -2.16. The average Bonchev–Trinajstić information content (AvgIpc) is 3.04. The van der Waals surface area contributed by atoms with Gasteiger partial charge < -0.3 is 15.7 Å². The van der Waals surface area contributed by atoms with Crippen LogP contribution < -0.4 is 10.6 Å². The number of amides is 2. The molecule has 1 saturated carbocycles. The van der Waals surface area contributed by atoms with Crippen molar-refractivity contribution in [3.63, 3.8) is 0 Å². The quantitative estimate of drug-likeness (QED) is 0.644. The third kappa shape index (κ3) is 4.46. The molecule has 6 heteroatoms. The van der Waals surface area contributed by atoms with Crippen molar-refractivity contribution in [1.82, 2.24) is 10.6 Å². The molecule has 1 aliphatic carbocycles. The summed E-state index contributed by atoms with van der Waals surface area (Å²) in [4.78, 5) is 22.4. The van der Waals surface area contributed by atoms with Gasteiger partial charge in [-0.3, -0.25) is 4.79 Å². The maximum Gasteiger partial charge on any atom is 0.315 e. The van der Waals surface area contributed by atoms with Gasteiger partial charge in [0, 0.05) is 12.6 Å². The van der Waals surface area contributed by atoms with Gasteiger partial charge in [-0.05, 0) is 38.2 Å². The third-order valence-corrected chi connectivity index (χ3v) is 3.67. The lowest BCUT2D eigenvalue weighted by Crippen LogP contribution is -2.44. The first-order valence-corrected chi connectivity index (χ1v) is 7.16. The summed E-state index contributed by atoms with van der Waals surface area (Å²) in [6.45, 7) is 2.17. The highest BCUT2D eigenvalue weighted by molar-refractivity contribution is 7.98. The normalized spacial score (nSPS) is 18.2. The Labute approximate surface area is 106 Å². The molecule has 1 rings (SSSR count). The summed E-state index contributed by atoms with van der Waals surface area (Å²) in [5.41, 5.74) is -0.695. The van der Waals surface area contributed by atoms with Crippen LogP contribution >= 0.6 is 11.8 Å². The van der Waals surface area contributed by atoms with Crippen LogP contribution in [-0.4, -0.2) is 41.7 Å². The molecule has 0 spiro atoms. The topological polar surface area (TPSA) is 78.4 Å². The standard InChI is InChI=1S/C11H20N2O3S/c1-8(3-6-17-2)13-10(16)12-7-11(4-5-11)9(14)15/h8H,3-7H2,1-2H3,(H,14,15)(H2,12,13,16). The molecule has 0 heterocycles. The largest absolute Gasteiger partial charge is 0.481 e. The van der Waals surface area contributed by atoms with Gasteiger partial charge in [-0.1, -0.05) is 0 Å². The second kappa shape index (κ2) is 6.14. The van der Waals surface area contributed by atoms with Gasteiger partial charge in [0.25, 0.3) is 0 Å². The number of rotatable bonds is 7. The molecule has 2 amide bonds. The highest BCUT2D eigenvalue weighted by atomic mass is 32.2. The highest BCUT2D eigenvalue weighted by Gasteiger charge is 2.50. The minimum Gasteiger partial charge on any atom is -0.481 e. The molecule has 98 valence electrons. The van der Waals surface area contributed by atoms with Crippen LogP contribution in [0.15, 0.2) is 0 Å². The van der Waals surface area contributed by atoms with Crippen molar-refractivity contribution in [2.45, 2.75) is 32.2 Å². The van der Waals surface area contributed by atoms with E-state index in [9.17, 15) is 9.59 Å². The minimum atomic E-state index is -0.812. The van der Waals surface area contributed by atoms with E-state index in [0.29, 0.717) is 12.8 Å². The number of aliphatic carboxylic acids is 1. The molecule has 0 saturated heterocycles. The smallest absolute Gasteiger partial charge is 0.315 e. The number of nitrogens with one attached hydrogen (secondary N) is 2. The van der Waals surface area contributed by atoms with Crippen molar-refractivity contribution in [3.05, 3.63) is 0 Å². The third-order valence-electron chi connectivity index (χ3n) is 3.03. The predicted molar refractivity (Wildman–Crippen MR) is 68.3 cm³/mol. The van der Waals surface area contributed by atoms with E-state index < -0.39 is 11.4 Å². The molecule has 0 aromatic rings. The Balaban J connectivity index is 2.19. The Morgan fingerprint density at radius 1 is 1.47 bits per heavy atom. The van der Waals surface area contributed by atoms with Crippen LogP contribution in [-0.2, 0) is 4.79 Å². The fourth-order valence-electron chi connectivity index (χ4n) is 1.51. The second-order valence-electron chi connectivity index (χ2n) is 4.60. The molecule has 1 atom stereocenters.